The minimum atomic E-state index is -0.102. The fourth-order valence-electron chi connectivity index (χ4n) is 2.24. The zero-order valence-corrected chi connectivity index (χ0v) is 16.1. The molecule has 1 amide bonds. The second kappa shape index (κ2) is 9.41. The van der Waals surface area contributed by atoms with Gasteiger partial charge in [0.25, 0.3) is 0 Å². The quantitative estimate of drug-likeness (QED) is 0.405. The van der Waals surface area contributed by atoms with Crippen molar-refractivity contribution in [3.05, 3.63) is 18.3 Å². The first-order chi connectivity index (χ1) is 12.0. The highest BCUT2D eigenvalue weighted by Gasteiger charge is 2.14. The molecule has 136 valence electrons. The fraction of sp³-hybridized carbons (Fsp3) is 0.529. The van der Waals surface area contributed by atoms with Crippen LogP contribution < -0.4 is 10.6 Å². The molecule has 2 N–H and O–H groups in total. The van der Waals surface area contributed by atoms with E-state index < -0.39 is 0 Å². The van der Waals surface area contributed by atoms with Crippen LogP contribution in [0.4, 0.5) is 5.82 Å². The molecule has 0 aliphatic carbocycles. The van der Waals surface area contributed by atoms with Crippen molar-refractivity contribution >= 4 is 34.5 Å². The van der Waals surface area contributed by atoms with Crippen molar-refractivity contribution < 1.29 is 4.79 Å². The third-order valence-electron chi connectivity index (χ3n) is 3.30. The van der Waals surface area contributed by atoms with Crippen LogP contribution in [0, 0.1) is 0 Å². The molecular formula is C17H26N6OS. The molecule has 0 bridgehead atoms. The lowest BCUT2D eigenvalue weighted by Crippen LogP contribution is -2.25. The molecule has 0 aliphatic rings. The molecule has 25 heavy (non-hydrogen) atoms. The molecule has 0 atom stereocenters. The Morgan fingerprint density at radius 2 is 2.16 bits per heavy atom. The summed E-state index contributed by atoms with van der Waals surface area (Å²) in [4.78, 5) is 20.8. The maximum Gasteiger partial charge on any atom is 0.243 e. The van der Waals surface area contributed by atoms with E-state index in [1.807, 2.05) is 11.6 Å². The van der Waals surface area contributed by atoms with E-state index in [4.69, 9.17) is 0 Å². The van der Waals surface area contributed by atoms with E-state index in [0.29, 0.717) is 18.3 Å². The highest BCUT2D eigenvalue weighted by molar-refractivity contribution is 7.99. The zero-order valence-electron chi connectivity index (χ0n) is 15.2. The van der Waals surface area contributed by atoms with Gasteiger partial charge in [0.1, 0.15) is 5.82 Å². The number of carbonyl (C=O) groups is 1. The van der Waals surface area contributed by atoms with E-state index in [-0.39, 0.29) is 5.91 Å². The van der Waals surface area contributed by atoms with Crippen LogP contribution >= 0.6 is 11.8 Å². The van der Waals surface area contributed by atoms with E-state index in [1.165, 1.54) is 6.08 Å². The minimum Gasteiger partial charge on any atom is -0.369 e. The number of hydrogen-bond acceptors (Lipinski definition) is 6. The first-order valence-corrected chi connectivity index (χ1v) is 9.47. The predicted molar refractivity (Wildman–Crippen MR) is 103 cm³/mol. The van der Waals surface area contributed by atoms with Crippen LogP contribution in [-0.4, -0.2) is 44.0 Å². The number of amides is 1. The molecule has 2 heterocycles. The predicted octanol–water partition coefficient (Wildman–Crippen LogP) is 2.84. The summed E-state index contributed by atoms with van der Waals surface area (Å²) in [6.45, 7) is 10.1. The van der Waals surface area contributed by atoms with Crippen molar-refractivity contribution in [1.29, 1.82) is 0 Å². The summed E-state index contributed by atoms with van der Waals surface area (Å²) in [7, 11) is 0. The summed E-state index contributed by atoms with van der Waals surface area (Å²) in [5, 5.41) is 12.7. The summed E-state index contributed by atoms with van der Waals surface area (Å²) in [5.41, 5.74) is 0.789. The van der Waals surface area contributed by atoms with Crippen LogP contribution in [0.15, 0.2) is 23.5 Å². The number of nitrogens with one attached hydrogen (secondary N) is 2. The van der Waals surface area contributed by atoms with Crippen LogP contribution in [0.5, 0.6) is 0 Å². The summed E-state index contributed by atoms with van der Waals surface area (Å²) >= 11 is 1.63. The summed E-state index contributed by atoms with van der Waals surface area (Å²) in [6.07, 6.45) is 6.02. The number of fused-ring (bicyclic) bond motifs is 1. The average Bonchev–Trinajstić information content (AvgIpc) is 2.95. The molecule has 0 spiro atoms. The SMILES string of the molecule is C/C=C\C(=O)NCCn1ncc2c(NCCC)nc(SC(C)C)nc21. The van der Waals surface area contributed by atoms with Gasteiger partial charge in [0.2, 0.25) is 5.91 Å². The topological polar surface area (TPSA) is 84.7 Å². The molecule has 7 nitrogen and oxygen atoms in total. The van der Waals surface area contributed by atoms with E-state index >= 15 is 0 Å². The normalized spacial score (nSPS) is 11.6. The molecule has 2 aromatic heterocycles. The number of thioether (sulfide) groups is 1. The molecule has 0 aliphatic heterocycles. The molecule has 8 heteroatoms. The van der Waals surface area contributed by atoms with Crippen LogP contribution in [0.25, 0.3) is 11.0 Å². The summed E-state index contributed by atoms with van der Waals surface area (Å²) in [6, 6.07) is 0. The molecule has 0 aromatic carbocycles. The number of hydrogen-bond donors (Lipinski definition) is 2. The molecule has 2 aromatic rings. The van der Waals surface area contributed by atoms with Gasteiger partial charge >= 0.3 is 0 Å². The number of carbonyl (C=O) groups excluding carboxylic acids is 1. The van der Waals surface area contributed by atoms with Crippen molar-refractivity contribution in [2.24, 2.45) is 0 Å². The monoisotopic (exact) mass is 362 g/mol. The minimum absolute atomic E-state index is 0.102. The van der Waals surface area contributed by atoms with E-state index in [1.54, 1.807) is 24.0 Å². The number of aromatic nitrogens is 4. The number of anilines is 1. The van der Waals surface area contributed by atoms with Gasteiger partial charge in [-0.2, -0.15) is 5.10 Å². The fourth-order valence-corrected chi connectivity index (χ4v) is 2.94. The van der Waals surface area contributed by atoms with Gasteiger partial charge in [0.15, 0.2) is 10.8 Å². The van der Waals surface area contributed by atoms with Gasteiger partial charge in [-0.15, -0.1) is 0 Å². The van der Waals surface area contributed by atoms with Gasteiger partial charge in [0.05, 0.1) is 18.1 Å². The lowest BCUT2D eigenvalue weighted by atomic mass is 10.3. The Bertz CT molecular complexity index is 740. The Balaban J connectivity index is 2.24. The van der Waals surface area contributed by atoms with Gasteiger partial charge in [0, 0.05) is 18.3 Å². The number of nitrogens with zero attached hydrogens (tertiary/aromatic N) is 4. The molecule has 0 radical (unpaired) electrons. The number of allylic oxidation sites excluding steroid dienone is 1. The molecule has 0 saturated carbocycles. The first-order valence-electron chi connectivity index (χ1n) is 8.59. The Hall–Kier alpha value is -2.09. The zero-order chi connectivity index (χ0) is 18.2. The second-order valence-electron chi connectivity index (χ2n) is 5.84. The van der Waals surface area contributed by atoms with E-state index in [2.05, 4.69) is 46.5 Å². The third kappa shape index (κ3) is 5.45. The lowest BCUT2D eigenvalue weighted by Gasteiger charge is -2.10. The average molecular weight is 363 g/mol. The lowest BCUT2D eigenvalue weighted by molar-refractivity contribution is -0.116. The second-order valence-corrected chi connectivity index (χ2v) is 7.39. The third-order valence-corrected chi connectivity index (χ3v) is 4.16. The van der Waals surface area contributed by atoms with Crippen molar-refractivity contribution in [1.82, 2.24) is 25.1 Å². The van der Waals surface area contributed by atoms with Gasteiger partial charge in [-0.1, -0.05) is 38.6 Å². The largest absolute Gasteiger partial charge is 0.369 e. The van der Waals surface area contributed by atoms with E-state index in [0.717, 1.165) is 35.0 Å². The van der Waals surface area contributed by atoms with Crippen molar-refractivity contribution in [3.63, 3.8) is 0 Å². The van der Waals surface area contributed by atoms with E-state index in [9.17, 15) is 4.79 Å². The molecular weight excluding hydrogens is 336 g/mol. The standard InChI is InChI=1S/C17H26N6OS/c1-5-7-14(24)18-9-10-23-16-13(11-20-23)15(19-8-6-2)21-17(22-16)25-12(3)4/h5,7,11-12H,6,8-10H2,1-4H3,(H,18,24)(H,19,21,22)/b7-5-. The maximum atomic E-state index is 11.5. The Morgan fingerprint density at radius 1 is 1.36 bits per heavy atom. The van der Waals surface area contributed by atoms with Crippen LogP contribution in [0.3, 0.4) is 0 Å². The Kier molecular flexibility index (Phi) is 7.24. The van der Waals surface area contributed by atoms with Gasteiger partial charge in [-0.3, -0.25) is 4.79 Å². The summed E-state index contributed by atoms with van der Waals surface area (Å²) < 4.78 is 1.81. The van der Waals surface area contributed by atoms with Crippen LogP contribution in [0.2, 0.25) is 0 Å². The summed E-state index contributed by atoms with van der Waals surface area (Å²) in [5.74, 6) is 0.717. The molecule has 0 fully saturated rings. The highest BCUT2D eigenvalue weighted by Crippen LogP contribution is 2.26. The van der Waals surface area contributed by atoms with Gasteiger partial charge < -0.3 is 10.6 Å². The van der Waals surface area contributed by atoms with Gasteiger partial charge in [-0.05, 0) is 19.4 Å². The highest BCUT2D eigenvalue weighted by atomic mass is 32.2. The number of rotatable bonds is 9. The van der Waals surface area contributed by atoms with Crippen molar-refractivity contribution in [2.75, 3.05) is 18.4 Å². The van der Waals surface area contributed by atoms with Crippen LogP contribution in [-0.2, 0) is 11.3 Å². The molecule has 0 saturated heterocycles. The Labute approximate surface area is 152 Å². The first kappa shape index (κ1) is 19.2. The molecule has 0 unspecified atom stereocenters. The smallest absolute Gasteiger partial charge is 0.243 e. The van der Waals surface area contributed by atoms with Crippen molar-refractivity contribution in [2.45, 2.75) is 51.1 Å². The van der Waals surface area contributed by atoms with Gasteiger partial charge in [-0.25, -0.2) is 14.6 Å². The molecule has 2 rings (SSSR count). The van der Waals surface area contributed by atoms with Crippen molar-refractivity contribution in [3.8, 4) is 0 Å². The Morgan fingerprint density at radius 3 is 2.84 bits per heavy atom. The maximum absolute atomic E-state index is 11.5. The van der Waals surface area contributed by atoms with Crippen LogP contribution in [0.1, 0.15) is 34.1 Å².